The molecule has 0 fully saturated rings. The van der Waals surface area contributed by atoms with Gasteiger partial charge in [0.1, 0.15) is 13.6 Å². The fraction of sp³-hybridized carbons (Fsp3) is 0. The average Bonchev–Trinajstić information content (AvgIpc) is 2.47. The van der Waals surface area contributed by atoms with Crippen molar-refractivity contribution in [2.45, 2.75) is 0 Å². The van der Waals surface area contributed by atoms with Crippen LogP contribution in [-0.4, -0.2) is 5.11 Å². The fourth-order valence-electron chi connectivity index (χ4n) is 2.19. The van der Waals surface area contributed by atoms with Crippen LogP contribution in [0.1, 0.15) is 0 Å². The number of phenols is 1. The minimum Gasteiger partial charge on any atom is -0.508 e. The van der Waals surface area contributed by atoms with Crippen LogP contribution in [0, 0.1) is 0 Å². The van der Waals surface area contributed by atoms with E-state index in [1.165, 1.54) is 0 Å². The molecule has 0 aliphatic heterocycles. The van der Waals surface area contributed by atoms with Gasteiger partial charge in [0.05, 0.1) is 0 Å². The second kappa shape index (κ2) is 4.91. The molecule has 2 nitrogen and oxygen atoms in total. The molecule has 3 aromatic carbocycles. The number of hydrogen-bond donors (Lipinski definition) is 1. The molecule has 0 saturated heterocycles. The van der Waals surface area contributed by atoms with Gasteiger partial charge in [-0.1, -0.05) is 42.5 Å². The summed E-state index contributed by atoms with van der Waals surface area (Å²) < 4.78 is 12.7. The van der Waals surface area contributed by atoms with Gasteiger partial charge in [0.2, 0.25) is 0 Å². The van der Waals surface area contributed by atoms with Crippen LogP contribution in [0.4, 0.5) is 0 Å². The molecule has 0 aliphatic carbocycles. The molecule has 1 atom stereocenters. The lowest BCUT2D eigenvalue weighted by Gasteiger charge is -2.07. The quantitative estimate of drug-likeness (QED) is 0.725. The van der Waals surface area contributed by atoms with Crippen molar-refractivity contribution in [2.75, 3.05) is 0 Å². The van der Waals surface area contributed by atoms with Crippen LogP contribution < -0.4 is 10.6 Å². The normalized spacial score (nSPS) is 12.4. The first-order valence-corrected chi connectivity index (χ1v) is 7.48. The van der Waals surface area contributed by atoms with Gasteiger partial charge >= 0.3 is 0 Å². The Morgan fingerprint density at radius 2 is 1.47 bits per heavy atom. The Labute approximate surface area is 112 Å². The molecule has 0 bridgehead atoms. The van der Waals surface area contributed by atoms with Crippen LogP contribution >= 0.6 is 7.80 Å². The number of fused-ring (bicyclic) bond motifs is 1. The lowest BCUT2D eigenvalue weighted by atomic mass is 10.1. The summed E-state index contributed by atoms with van der Waals surface area (Å²) in [4.78, 5) is 0. The summed E-state index contributed by atoms with van der Waals surface area (Å²) in [6, 6.07) is 20.4. The van der Waals surface area contributed by atoms with Gasteiger partial charge in [-0.25, -0.2) is 0 Å². The van der Waals surface area contributed by atoms with Gasteiger partial charge < -0.3 is 9.67 Å². The number of benzene rings is 3. The second-order valence-corrected chi connectivity index (χ2v) is 6.18. The van der Waals surface area contributed by atoms with E-state index in [1.807, 2.05) is 42.5 Å². The molecule has 0 aromatic heterocycles. The predicted octanol–water partition coefficient (Wildman–Crippen LogP) is 3.06. The summed E-state index contributed by atoms with van der Waals surface area (Å²) in [5, 5.41) is 13.0. The number of hydrogen-bond acceptors (Lipinski definition) is 2. The minimum atomic E-state index is -2.05. The maximum Gasteiger partial charge on any atom is 0.132 e. The van der Waals surface area contributed by atoms with E-state index in [4.69, 9.17) is 0 Å². The van der Waals surface area contributed by atoms with E-state index >= 15 is 0 Å². The molecule has 0 heterocycles. The first-order chi connectivity index (χ1) is 9.25. The molecule has 3 rings (SSSR count). The van der Waals surface area contributed by atoms with Crippen molar-refractivity contribution in [1.82, 2.24) is 0 Å². The minimum absolute atomic E-state index is 0.191. The Kier molecular flexibility index (Phi) is 3.10. The third-order valence-corrected chi connectivity index (χ3v) is 4.95. The number of aromatic hydroxyl groups is 1. The predicted molar refractivity (Wildman–Crippen MR) is 80.3 cm³/mol. The highest BCUT2D eigenvalue weighted by Gasteiger charge is 2.10. The molecule has 0 spiro atoms. The maximum atomic E-state index is 12.7. The molecular formula is C16H13O2P. The van der Waals surface area contributed by atoms with Gasteiger partial charge in [-0.2, -0.15) is 0 Å². The third kappa shape index (κ3) is 2.27. The van der Waals surface area contributed by atoms with Crippen molar-refractivity contribution in [3.63, 3.8) is 0 Å². The summed E-state index contributed by atoms with van der Waals surface area (Å²) in [6.45, 7) is 0. The van der Waals surface area contributed by atoms with Crippen molar-refractivity contribution >= 4 is 29.2 Å². The smallest absolute Gasteiger partial charge is 0.132 e. The summed E-state index contributed by atoms with van der Waals surface area (Å²) in [7, 11) is -2.05. The van der Waals surface area contributed by atoms with E-state index in [2.05, 4.69) is 0 Å². The number of phenolic OH excluding ortho intramolecular Hbond substituents is 1. The van der Waals surface area contributed by atoms with E-state index in [0.717, 1.165) is 21.4 Å². The van der Waals surface area contributed by atoms with Crippen LogP contribution in [0.2, 0.25) is 0 Å². The van der Waals surface area contributed by atoms with Gasteiger partial charge in [0.15, 0.2) is 0 Å². The molecule has 19 heavy (non-hydrogen) atoms. The Balaban J connectivity index is 2.14. The zero-order valence-corrected chi connectivity index (χ0v) is 11.2. The lowest BCUT2D eigenvalue weighted by molar-refractivity contribution is 0.475. The molecule has 0 saturated carbocycles. The molecule has 94 valence electrons. The summed E-state index contributed by atoms with van der Waals surface area (Å²) >= 11 is 0. The fourth-order valence-corrected chi connectivity index (χ4v) is 3.69. The molecule has 0 aliphatic rings. The maximum absolute atomic E-state index is 12.7. The van der Waals surface area contributed by atoms with Crippen LogP contribution in [0.15, 0.2) is 66.7 Å². The Morgan fingerprint density at radius 1 is 0.789 bits per heavy atom. The number of rotatable bonds is 2. The Morgan fingerprint density at radius 3 is 2.26 bits per heavy atom. The molecule has 3 heteroatoms. The molecule has 1 unspecified atom stereocenters. The van der Waals surface area contributed by atoms with Gasteiger partial charge in [0, 0.05) is 10.6 Å². The molecule has 0 amide bonds. The third-order valence-electron chi connectivity index (χ3n) is 3.16. The first kappa shape index (κ1) is 12.0. The van der Waals surface area contributed by atoms with Gasteiger partial charge in [-0.15, -0.1) is 0 Å². The van der Waals surface area contributed by atoms with Crippen LogP contribution in [-0.2, 0) is 4.57 Å². The highest BCUT2D eigenvalue weighted by Crippen LogP contribution is 2.25. The second-order valence-electron chi connectivity index (χ2n) is 4.40. The van der Waals surface area contributed by atoms with Gasteiger partial charge in [-0.3, -0.25) is 0 Å². The van der Waals surface area contributed by atoms with E-state index in [-0.39, 0.29) is 5.75 Å². The van der Waals surface area contributed by atoms with Crippen molar-refractivity contribution in [3.05, 3.63) is 66.7 Å². The van der Waals surface area contributed by atoms with Crippen molar-refractivity contribution < 1.29 is 9.67 Å². The van der Waals surface area contributed by atoms with Crippen molar-refractivity contribution in [2.24, 2.45) is 0 Å². The van der Waals surface area contributed by atoms with Crippen LogP contribution in [0.5, 0.6) is 5.75 Å². The average molecular weight is 268 g/mol. The van der Waals surface area contributed by atoms with Crippen molar-refractivity contribution in [3.8, 4) is 5.75 Å². The summed E-state index contributed by atoms with van der Waals surface area (Å²) in [5.41, 5.74) is 0. The van der Waals surface area contributed by atoms with E-state index in [0.29, 0.717) is 0 Å². The van der Waals surface area contributed by atoms with Gasteiger partial charge in [0.25, 0.3) is 0 Å². The monoisotopic (exact) mass is 268 g/mol. The van der Waals surface area contributed by atoms with Crippen LogP contribution in [0.3, 0.4) is 0 Å². The Hall–Kier alpha value is -2.05. The summed E-state index contributed by atoms with van der Waals surface area (Å²) in [5.74, 6) is 0.191. The molecule has 1 N–H and O–H groups in total. The van der Waals surface area contributed by atoms with E-state index in [9.17, 15) is 9.67 Å². The molecule has 3 aromatic rings. The first-order valence-electron chi connectivity index (χ1n) is 6.07. The van der Waals surface area contributed by atoms with E-state index in [1.54, 1.807) is 24.3 Å². The van der Waals surface area contributed by atoms with E-state index < -0.39 is 7.80 Å². The largest absolute Gasteiger partial charge is 0.508 e. The van der Waals surface area contributed by atoms with Gasteiger partial charge in [-0.05, 0) is 35.0 Å². The highest BCUT2D eigenvalue weighted by molar-refractivity contribution is 7.62. The highest BCUT2D eigenvalue weighted by atomic mass is 31.1. The standard InChI is InChI=1S/C16H13O2P/c17-13-8-10-14(11-9-13)19(18)16-7-3-5-12-4-1-2-6-15(12)16/h1-11,17,19H. The summed E-state index contributed by atoms with van der Waals surface area (Å²) in [6.07, 6.45) is 0. The topological polar surface area (TPSA) is 37.3 Å². The Bertz CT molecular complexity index is 743. The molecule has 0 radical (unpaired) electrons. The molecular weight excluding hydrogens is 255 g/mol. The lowest BCUT2D eigenvalue weighted by Crippen LogP contribution is -2.07. The van der Waals surface area contributed by atoms with Crippen molar-refractivity contribution in [1.29, 1.82) is 0 Å². The zero-order chi connectivity index (χ0) is 13.2. The SMILES string of the molecule is O=[PH](c1ccc(O)cc1)c1cccc2ccccc12. The van der Waals surface area contributed by atoms with Crippen LogP contribution in [0.25, 0.3) is 10.8 Å². The zero-order valence-electron chi connectivity index (χ0n) is 10.2.